The van der Waals surface area contributed by atoms with Gasteiger partial charge < -0.3 is 25.1 Å². The third-order valence-electron chi connectivity index (χ3n) is 4.81. The van der Waals surface area contributed by atoms with E-state index in [0.29, 0.717) is 41.5 Å². The molecule has 10 nitrogen and oxygen atoms in total. The van der Waals surface area contributed by atoms with Crippen LogP contribution in [0.1, 0.15) is 16.1 Å². The molecule has 3 aromatic heterocycles. The van der Waals surface area contributed by atoms with Gasteiger partial charge in [-0.2, -0.15) is 0 Å². The van der Waals surface area contributed by atoms with E-state index in [4.69, 9.17) is 9.47 Å². The summed E-state index contributed by atoms with van der Waals surface area (Å²) in [7, 11) is 1.57. The standard InChI is InChI=1S/C22H22N6O4/c1-3-19(29)27-18-10-13(12-25-22(18)32-9-8-31-2)20-23-6-5-16(28-20)17-11-14-15(26-17)4-7-24-21(14)30/h3,5-6,10-12,26H,1,4,7-9H2,2H3,(H,24,30)(H,27,29). The second kappa shape index (κ2) is 9.40. The van der Waals surface area contributed by atoms with E-state index in [0.717, 1.165) is 23.9 Å². The summed E-state index contributed by atoms with van der Waals surface area (Å²) in [5.74, 6) is 0.161. The molecule has 0 saturated heterocycles. The second-order valence-corrected chi connectivity index (χ2v) is 6.96. The number of aromatic nitrogens is 4. The number of carbonyl (C=O) groups excluding carboxylic acids is 2. The van der Waals surface area contributed by atoms with Crippen molar-refractivity contribution in [3.05, 3.63) is 54.5 Å². The van der Waals surface area contributed by atoms with E-state index in [-0.39, 0.29) is 18.4 Å². The summed E-state index contributed by atoms with van der Waals surface area (Å²) >= 11 is 0. The summed E-state index contributed by atoms with van der Waals surface area (Å²) < 4.78 is 10.6. The van der Waals surface area contributed by atoms with Gasteiger partial charge in [0.1, 0.15) is 12.3 Å². The fourth-order valence-corrected chi connectivity index (χ4v) is 3.26. The van der Waals surface area contributed by atoms with Gasteiger partial charge in [-0.15, -0.1) is 0 Å². The van der Waals surface area contributed by atoms with Crippen molar-refractivity contribution in [3.8, 4) is 28.7 Å². The molecule has 4 heterocycles. The van der Waals surface area contributed by atoms with Crippen LogP contribution >= 0.6 is 0 Å². The van der Waals surface area contributed by atoms with Crippen molar-refractivity contribution in [3.63, 3.8) is 0 Å². The number of carbonyl (C=O) groups is 2. The molecule has 0 radical (unpaired) electrons. The molecule has 164 valence electrons. The molecular formula is C22H22N6O4. The summed E-state index contributed by atoms with van der Waals surface area (Å²) in [6, 6.07) is 5.23. The molecule has 1 aliphatic heterocycles. The molecule has 1 aliphatic rings. The lowest BCUT2D eigenvalue weighted by Crippen LogP contribution is -2.31. The Bertz CT molecular complexity index is 1170. The maximum absolute atomic E-state index is 12.1. The highest BCUT2D eigenvalue weighted by Gasteiger charge is 2.21. The van der Waals surface area contributed by atoms with Crippen molar-refractivity contribution >= 4 is 17.5 Å². The third kappa shape index (κ3) is 4.49. The number of methoxy groups -OCH3 is 1. The first-order valence-corrected chi connectivity index (χ1v) is 9.98. The molecule has 0 atom stereocenters. The lowest BCUT2D eigenvalue weighted by Gasteiger charge is -2.12. The Kier molecular flexibility index (Phi) is 6.22. The van der Waals surface area contributed by atoms with Crippen LogP contribution in [0.5, 0.6) is 5.88 Å². The number of hydrogen-bond acceptors (Lipinski definition) is 7. The molecule has 0 bridgehead atoms. The molecule has 0 aromatic carbocycles. The highest BCUT2D eigenvalue weighted by Crippen LogP contribution is 2.29. The number of aromatic amines is 1. The van der Waals surface area contributed by atoms with Crippen molar-refractivity contribution in [1.82, 2.24) is 25.3 Å². The topological polar surface area (TPSA) is 131 Å². The Balaban J connectivity index is 1.66. The van der Waals surface area contributed by atoms with Crippen molar-refractivity contribution in [2.75, 3.05) is 32.2 Å². The van der Waals surface area contributed by atoms with Crippen LogP contribution in [0.3, 0.4) is 0 Å². The smallest absolute Gasteiger partial charge is 0.253 e. The van der Waals surface area contributed by atoms with Gasteiger partial charge in [-0.1, -0.05) is 6.58 Å². The number of nitrogens with zero attached hydrogens (tertiary/aromatic N) is 3. The monoisotopic (exact) mass is 434 g/mol. The average molecular weight is 434 g/mol. The summed E-state index contributed by atoms with van der Waals surface area (Å²) in [5.41, 5.74) is 3.82. The zero-order valence-corrected chi connectivity index (χ0v) is 17.5. The van der Waals surface area contributed by atoms with Crippen molar-refractivity contribution in [2.24, 2.45) is 0 Å². The van der Waals surface area contributed by atoms with Crippen molar-refractivity contribution < 1.29 is 19.1 Å². The number of nitrogens with one attached hydrogen (secondary N) is 3. The number of amides is 2. The summed E-state index contributed by atoms with van der Waals surface area (Å²) in [6.45, 7) is 4.72. The number of H-pyrrole nitrogens is 1. The molecule has 2 amide bonds. The number of pyridine rings is 1. The van der Waals surface area contributed by atoms with Crippen LogP contribution in [-0.4, -0.2) is 58.6 Å². The second-order valence-electron chi connectivity index (χ2n) is 6.96. The van der Waals surface area contributed by atoms with Gasteiger partial charge in [0.2, 0.25) is 11.8 Å². The minimum Gasteiger partial charge on any atom is -0.474 e. The maximum atomic E-state index is 12.1. The number of rotatable bonds is 8. The Morgan fingerprint density at radius 3 is 2.97 bits per heavy atom. The molecule has 3 N–H and O–H groups in total. The van der Waals surface area contributed by atoms with Crippen LogP contribution in [0.15, 0.2) is 43.2 Å². The molecular weight excluding hydrogens is 412 g/mol. The first kappa shape index (κ1) is 21.2. The van der Waals surface area contributed by atoms with Crippen LogP contribution < -0.4 is 15.4 Å². The Labute approximate surface area is 184 Å². The van der Waals surface area contributed by atoms with E-state index in [9.17, 15) is 9.59 Å². The highest BCUT2D eigenvalue weighted by atomic mass is 16.5. The minimum absolute atomic E-state index is 0.0982. The summed E-state index contributed by atoms with van der Waals surface area (Å²) in [4.78, 5) is 40.5. The quantitative estimate of drug-likeness (QED) is 0.365. The van der Waals surface area contributed by atoms with Gasteiger partial charge in [0.05, 0.1) is 23.6 Å². The highest BCUT2D eigenvalue weighted by molar-refractivity contribution is 6.00. The largest absolute Gasteiger partial charge is 0.474 e. The Morgan fingerprint density at radius 1 is 1.31 bits per heavy atom. The van der Waals surface area contributed by atoms with Crippen LogP contribution in [0.25, 0.3) is 22.8 Å². The molecule has 0 saturated carbocycles. The number of ether oxygens (including phenoxy) is 2. The van der Waals surface area contributed by atoms with E-state index >= 15 is 0 Å². The van der Waals surface area contributed by atoms with Gasteiger partial charge in [0, 0.05) is 43.7 Å². The zero-order valence-electron chi connectivity index (χ0n) is 17.5. The molecule has 10 heteroatoms. The van der Waals surface area contributed by atoms with Gasteiger partial charge >= 0.3 is 0 Å². The Morgan fingerprint density at radius 2 is 2.19 bits per heavy atom. The van der Waals surface area contributed by atoms with Gasteiger partial charge in [-0.3, -0.25) is 9.59 Å². The molecule has 4 rings (SSSR count). The van der Waals surface area contributed by atoms with Crippen LogP contribution in [0.4, 0.5) is 5.69 Å². The molecule has 0 spiro atoms. The van der Waals surface area contributed by atoms with E-state index in [1.807, 2.05) is 0 Å². The van der Waals surface area contributed by atoms with Gasteiger partial charge in [0.25, 0.3) is 5.91 Å². The van der Waals surface area contributed by atoms with E-state index in [2.05, 4.69) is 37.1 Å². The lowest BCUT2D eigenvalue weighted by atomic mass is 10.1. The molecule has 0 unspecified atom stereocenters. The average Bonchev–Trinajstić information content (AvgIpc) is 3.26. The predicted molar refractivity (Wildman–Crippen MR) is 117 cm³/mol. The Hall–Kier alpha value is -4.05. The summed E-state index contributed by atoms with van der Waals surface area (Å²) in [6.07, 6.45) is 5.09. The van der Waals surface area contributed by atoms with E-state index < -0.39 is 5.91 Å². The SMILES string of the molecule is C=CC(=O)Nc1cc(-c2nccc(-c3cc4c([nH]3)CCNC4=O)n2)cnc1OCCOC. The maximum Gasteiger partial charge on any atom is 0.253 e. The van der Waals surface area contributed by atoms with Crippen LogP contribution in [0, 0.1) is 0 Å². The van der Waals surface area contributed by atoms with Gasteiger partial charge in [0.15, 0.2) is 5.82 Å². The number of anilines is 1. The van der Waals surface area contributed by atoms with Crippen molar-refractivity contribution in [2.45, 2.75) is 6.42 Å². The first-order valence-electron chi connectivity index (χ1n) is 9.98. The van der Waals surface area contributed by atoms with Crippen LogP contribution in [0.2, 0.25) is 0 Å². The number of hydrogen-bond donors (Lipinski definition) is 3. The van der Waals surface area contributed by atoms with Gasteiger partial charge in [-0.05, 0) is 24.3 Å². The minimum atomic E-state index is -0.398. The summed E-state index contributed by atoms with van der Waals surface area (Å²) in [5, 5.41) is 5.52. The molecule has 3 aromatic rings. The normalized spacial score (nSPS) is 12.6. The lowest BCUT2D eigenvalue weighted by molar-refractivity contribution is -0.111. The van der Waals surface area contributed by atoms with Crippen LogP contribution in [-0.2, 0) is 16.0 Å². The number of fused-ring (bicyclic) bond motifs is 1. The zero-order chi connectivity index (χ0) is 22.5. The van der Waals surface area contributed by atoms with E-state index in [1.54, 1.807) is 37.7 Å². The van der Waals surface area contributed by atoms with Gasteiger partial charge in [-0.25, -0.2) is 15.0 Å². The molecule has 32 heavy (non-hydrogen) atoms. The molecule has 0 aliphatic carbocycles. The molecule has 0 fully saturated rings. The fourth-order valence-electron chi connectivity index (χ4n) is 3.26. The van der Waals surface area contributed by atoms with E-state index in [1.165, 1.54) is 0 Å². The third-order valence-corrected chi connectivity index (χ3v) is 4.81. The fraction of sp³-hybridized carbons (Fsp3) is 0.227. The van der Waals surface area contributed by atoms with Crippen molar-refractivity contribution in [1.29, 1.82) is 0 Å². The first-order chi connectivity index (χ1) is 15.6. The predicted octanol–water partition coefficient (Wildman–Crippen LogP) is 1.97.